The van der Waals surface area contributed by atoms with E-state index in [-0.39, 0.29) is 12.8 Å². The minimum atomic E-state index is -1.66. The lowest BCUT2D eigenvalue weighted by molar-refractivity contribution is -0.303. The van der Waals surface area contributed by atoms with Gasteiger partial charge in [-0.05, 0) is 38.5 Å². The molecule has 11 nitrogen and oxygen atoms in total. The van der Waals surface area contributed by atoms with E-state index in [0.717, 1.165) is 44.9 Å². The van der Waals surface area contributed by atoms with Crippen LogP contribution in [0.4, 0.5) is 0 Å². The highest BCUT2D eigenvalue weighted by atomic mass is 16.7. The number of hydrogen-bond acceptors (Lipinski definition) is 10. The SMILES string of the molecule is CCCCC/C=C/CCCC(O)C(O)C(COC1OC(CO)C(O)C(O)C1O)NC(=O)C(O)CCCCCCCCCCC. The molecule has 1 aliphatic heterocycles. The smallest absolute Gasteiger partial charge is 0.249 e. The van der Waals surface area contributed by atoms with Crippen molar-refractivity contribution in [3.05, 3.63) is 12.2 Å². The average Bonchev–Trinajstić information content (AvgIpc) is 3.02. The Labute approximate surface area is 264 Å². The summed E-state index contributed by atoms with van der Waals surface area (Å²) >= 11 is 0. The van der Waals surface area contributed by atoms with E-state index >= 15 is 0 Å². The van der Waals surface area contributed by atoms with Crippen LogP contribution in [0.15, 0.2) is 12.2 Å². The van der Waals surface area contributed by atoms with Gasteiger partial charge in [0.2, 0.25) is 5.91 Å². The molecule has 11 heteroatoms. The lowest BCUT2D eigenvalue weighted by Gasteiger charge is -2.40. The number of ether oxygens (including phenoxy) is 2. The van der Waals surface area contributed by atoms with Gasteiger partial charge in [-0.15, -0.1) is 0 Å². The predicted molar refractivity (Wildman–Crippen MR) is 169 cm³/mol. The number of carbonyl (C=O) groups excluding carboxylic acids is 1. The third-order valence-electron chi connectivity index (χ3n) is 8.32. The molecule has 260 valence electrons. The Kier molecular flexibility index (Phi) is 23.2. The zero-order valence-corrected chi connectivity index (χ0v) is 27.1. The fourth-order valence-corrected chi connectivity index (χ4v) is 5.32. The van der Waals surface area contributed by atoms with Crippen LogP contribution in [0.2, 0.25) is 0 Å². The summed E-state index contributed by atoms with van der Waals surface area (Å²) < 4.78 is 10.9. The molecule has 1 rings (SSSR count). The standard InChI is InChI=1S/C33H63NO10/c1-3-5-7-9-11-13-15-17-19-21-26(37)32(42)34-24(23-43-33-31(41)30(40)29(39)27(22-35)44-33)28(38)25(36)20-18-16-14-12-10-8-6-4-2/h12,14,24-31,33,35-41H,3-11,13,15-23H2,1-2H3,(H,34,42)/b14-12+. The molecule has 0 spiro atoms. The maximum absolute atomic E-state index is 12.9. The van der Waals surface area contributed by atoms with Crippen molar-refractivity contribution in [2.75, 3.05) is 13.2 Å². The van der Waals surface area contributed by atoms with Gasteiger partial charge < -0.3 is 50.5 Å². The predicted octanol–water partition coefficient (Wildman–Crippen LogP) is 2.60. The molecule has 0 aromatic heterocycles. The molecule has 9 unspecified atom stereocenters. The number of hydrogen-bond donors (Lipinski definition) is 8. The summed E-state index contributed by atoms with van der Waals surface area (Å²) in [5, 5.41) is 74.6. The fourth-order valence-electron chi connectivity index (χ4n) is 5.32. The Morgan fingerprint density at radius 3 is 1.95 bits per heavy atom. The lowest BCUT2D eigenvalue weighted by Crippen LogP contribution is -2.60. The van der Waals surface area contributed by atoms with Gasteiger partial charge in [0.1, 0.15) is 36.6 Å². The van der Waals surface area contributed by atoms with E-state index in [1.807, 2.05) is 0 Å². The highest BCUT2D eigenvalue weighted by Gasteiger charge is 2.44. The Morgan fingerprint density at radius 1 is 0.773 bits per heavy atom. The summed E-state index contributed by atoms with van der Waals surface area (Å²) in [5.41, 5.74) is 0. The summed E-state index contributed by atoms with van der Waals surface area (Å²) in [5.74, 6) is -0.715. The molecule has 0 aromatic rings. The van der Waals surface area contributed by atoms with Crippen LogP contribution in [0, 0.1) is 0 Å². The summed E-state index contributed by atoms with van der Waals surface area (Å²) in [6, 6.07) is -1.17. The van der Waals surface area contributed by atoms with Crippen molar-refractivity contribution < 1.29 is 50.0 Å². The van der Waals surface area contributed by atoms with Crippen molar-refractivity contribution >= 4 is 5.91 Å². The van der Waals surface area contributed by atoms with Crippen molar-refractivity contribution in [3.8, 4) is 0 Å². The maximum atomic E-state index is 12.9. The first kappa shape index (κ1) is 40.9. The van der Waals surface area contributed by atoms with Crippen molar-refractivity contribution in [1.82, 2.24) is 5.32 Å². The monoisotopic (exact) mass is 633 g/mol. The molecule has 0 radical (unpaired) electrons. The molecular weight excluding hydrogens is 570 g/mol. The van der Waals surface area contributed by atoms with E-state index in [9.17, 15) is 40.5 Å². The van der Waals surface area contributed by atoms with Crippen molar-refractivity contribution in [2.24, 2.45) is 0 Å². The molecule has 1 saturated heterocycles. The number of rotatable bonds is 26. The molecule has 0 saturated carbocycles. The second kappa shape index (κ2) is 25.0. The Hall–Kier alpha value is -1.15. The normalized spacial score (nSPS) is 25.2. The second-order valence-electron chi connectivity index (χ2n) is 12.2. The van der Waals surface area contributed by atoms with Gasteiger partial charge in [-0.3, -0.25) is 4.79 Å². The summed E-state index contributed by atoms with van der Waals surface area (Å²) in [4.78, 5) is 12.9. The van der Waals surface area contributed by atoms with E-state index in [4.69, 9.17) is 9.47 Å². The number of nitrogens with one attached hydrogen (secondary N) is 1. The minimum absolute atomic E-state index is 0.255. The van der Waals surface area contributed by atoms with E-state index in [1.54, 1.807) is 0 Å². The van der Waals surface area contributed by atoms with Gasteiger partial charge in [-0.1, -0.05) is 96.6 Å². The number of aliphatic hydroxyl groups excluding tert-OH is 7. The van der Waals surface area contributed by atoms with Gasteiger partial charge in [-0.25, -0.2) is 0 Å². The van der Waals surface area contributed by atoms with Crippen LogP contribution in [0.3, 0.4) is 0 Å². The average molecular weight is 634 g/mol. The summed E-state index contributed by atoms with van der Waals surface area (Å²) in [7, 11) is 0. The van der Waals surface area contributed by atoms with Gasteiger partial charge in [-0.2, -0.15) is 0 Å². The number of aliphatic hydroxyl groups is 7. The van der Waals surface area contributed by atoms with E-state index < -0.39 is 74.2 Å². The fraction of sp³-hybridized carbons (Fsp3) is 0.909. The zero-order valence-electron chi connectivity index (χ0n) is 27.1. The number of unbranched alkanes of at least 4 members (excludes halogenated alkanes) is 12. The van der Waals surface area contributed by atoms with Gasteiger partial charge in [0.05, 0.1) is 25.4 Å². The molecule has 0 aliphatic carbocycles. The largest absolute Gasteiger partial charge is 0.394 e. The van der Waals surface area contributed by atoms with Crippen LogP contribution >= 0.6 is 0 Å². The van der Waals surface area contributed by atoms with Gasteiger partial charge >= 0.3 is 0 Å². The van der Waals surface area contributed by atoms with Crippen LogP contribution in [0.5, 0.6) is 0 Å². The third-order valence-corrected chi connectivity index (χ3v) is 8.32. The van der Waals surface area contributed by atoms with Crippen LogP contribution < -0.4 is 5.32 Å². The van der Waals surface area contributed by atoms with Crippen LogP contribution in [0.25, 0.3) is 0 Å². The first-order valence-electron chi connectivity index (χ1n) is 17.1. The van der Waals surface area contributed by atoms with Crippen LogP contribution in [0.1, 0.15) is 123 Å². The molecule has 1 amide bonds. The lowest BCUT2D eigenvalue weighted by atomic mass is 9.98. The number of allylic oxidation sites excluding steroid dienone is 2. The molecule has 44 heavy (non-hydrogen) atoms. The van der Waals surface area contributed by atoms with Crippen molar-refractivity contribution in [3.63, 3.8) is 0 Å². The Balaban J connectivity index is 2.68. The van der Waals surface area contributed by atoms with Crippen molar-refractivity contribution in [1.29, 1.82) is 0 Å². The summed E-state index contributed by atoms with van der Waals surface area (Å²) in [6.45, 7) is 3.27. The highest BCUT2D eigenvalue weighted by molar-refractivity contribution is 5.80. The maximum Gasteiger partial charge on any atom is 0.249 e. The quantitative estimate of drug-likeness (QED) is 0.0519. The van der Waals surface area contributed by atoms with Crippen molar-refractivity contribution in [2.45, 2.75) is 178 Å². The number of amides is 1. The number of carbonyl (C=O) groups is 1. The van der Waals surface area contributed by atoms with Crippen LogP contribution in [-0.2, 0) is 14.3 Å². The summed E-state index contributed by atoms with van der Waals surface area (Å²) in [6.07, 6.45) is 8.89. The Bertz CT molecular complexity index is 739. The molecule has 0 aromatic carbocycles. The highest BCUT2D eigenvalue weighted by Crippen LogP contribution is 2.23. The second-order valence-corrected chi connectivity index (χ2v) is 12.2. The molecule has 1 fully saturated rings. The molecule has 1 aliphatic rings. The van der Waals surface area contributed by atoms with Crippen LogP contribution in [-0.4, -0.2) is 110 Å². The van der Waals surface area contributed by atoms with E-state index in [0.29, 0.717) is 12.8 Å². The third kappa shape index (κ3) is 16.4. The Morgan fingerprint density at radius 2 is 1.34 bits per heavy atom. The topological polar surface area (TPSA) is 189 Å². The molecule has 8 N–H and O–H groups in total. The van der Waals surface area contributed by atoms with Gasteiger partial charge in [0.25, 0.3) is 0 Å². The van der Waals surface area contributed by atoms with Gasteiger partial charge in [0.15, 0.2) is 6.29 Å². The van der Waals surface area contributed by atoms with E-state index in [2.05, 4.69) is 31.3 Å². The molecule has 9 atom stereocenters. The molecular formula is C33H63NO10. The van der Waals surface area contributed by atoms with Gasteiger partial charge in [0, 0.05) is 0 Å². The molecule has 1 heterocycles. The minimum Gasteiger partial charge on any atom is -0.394 e. The molecule has 0 bridgehead atoms. The van der Waals surface area contributed by atoms with E-state index in [1.165, 1.54) is 38.5 Å². The first-order valence-corrected chi connectivity index (χ1v) is 17.1. The first-order chi connectivity index (χ1) is 21.2. The zero-order chi connectivity index (χ0) is 32.7.